The second-order valence-electron chi connectivity index (χ2n) is 6.75. The standard InChI is InChI=1S/C17H32BI/c1-8-9-10-11-12-18(16(19)13-14(2)3)17(6,7)15(4)5/h13,15H,2,8-12H2,1,3-7H3/b16-13-. The molecule has 0 aliphatic carbocycles. The van der Waals surface area contributed by atoms with Crippen molar-refractivity contribution in [2.75, 3.05) is 0 Å². The van der Waals surface area contributed by atoms with Crippen molar-refractivity contribution in [1.29, 1.82) is 0 Å². The Labute approximate surface area is 135 Å². The molecule has 0 aromatic rings. The monoisotopic (exact) mass is 374 g/mol. The van der Waals surface area contributed by atoms with Gasteiger partial charge in [0, 0.05) is 0 Å². The molecule has 0 aromatic carbocycles. The van der Waals surface area contributed by atoms with Crippen molar-refractivity contribution in [3.8, 4) is 0 Å². The van der Waals surface area contributed by atoms with Crippen molar-refractivity contribution in [2.45, 2.75) is 78.9 Å². The lowest BCUT2D eigenvalue weighted by molar-refractivity contribution is 0.465. The third-order valence-electron chi connectivity index (χ3n) is 4.45. The van der Waals surface area contributed by atoms with Gasteiger partial charge in [-0.25, -0.2) is 0 Å². The van der Waals surface area contributed by atoms with Crippen LogP contribution < -0.4 is 0 Å². The van der Waals surface area contributed by atoms with E-state index in [1.165, 1.54) is 41.1 Å². The molecule has 0 unspecified atom stereocenters. The second-order valence-corrected chi connectivity index (χ2v) is 8.00. The molecule has 0 nitrogen and oxygen atoms in total. The Morgan fingerprint density at radius 3 is 2.26 bits per heavy atom. The Morgan fingerprint density at radius 2 is 1.84 bits per heavy atom. The number of halogens is 1. The third-order valence-corrected chi connectivity index (χ3v) is 5.51. The van der Waals surface area contributed by atoms with Crippen LogP contribution in [0.4, 0.5) is 0 Å². The zero-order chi connectivity index (χ0) is 15.1. The highest BCUT2D eigenvalue weighted by atomic mass is 127. The van der Waals surface area contributed by atoms with Gasteiger partial charge in [0.25, 0.3) is 0 Å². The first-order valence-corrected chi connectivity index (χ1v) is 8.83. The lowest BCUT2D eigenvalue weighted by Gasteiger charge is -2.36. The Morgan fingerprint density at radius 1 is 1.26 bits per heavy atom. The summed E-state index contributed by atoms with van der Waals surface area (Å²) in [5.41, 5.74) is 1.17. The molecule has 2 heteroatoms. The fourth-order valence-electron chi connectivity index (χ4n) is 2.38. The Balaban J connectivity index is 4.89. The minimum atomic E-state index is 0.356. The highest BCUT2D eigenvalue weighted by Crippen LogP contribution is 2.44. The molecule has 0 aliphatic rings. The Kier molecular flexibility index (Phi) is 9.39. The minimum Gasteiger partial charge on any atom is -0.0961 e. The average molecular weight is 374 g/mol. The first kappa shape index (κ1) is 19.3. The molecule has 110 valence electrons. The molecule has 0 aliphatic heterocycles. The van der Waals surface area contributed by atoms with Gasteiger partial charge in [-0.3, -0.25) is 0 Å². The van der Waals surface area contributed by atoms with E-state index in [2.05, 4.69) is 76.8 Å². The van der Waals surface area contributed by atoms with E-state index in [4.69, 9.17) is 0 Å². The molecule has 0 atom stereocenters. The van der Waals surface area contributed by atoms with E-state index in [0.717, 1.165) is 0 Å². The molecule has 0 saturated carbocycles. The largest absolute Gasteiger partial charge is 0.190 e. The average Bonchev–Trinajstić information content (AvgIpc) is 2.27. The first-order valence-electron chi connectivity index (χ1n) is 7.76. The molecule has 0 N–H and O–H groups in total. The van der Waals surface area contributed by atoms with Crippen LogP contribution in [0, 0.1) is 5.92 Å². The maximum Gasteiger partial charge on any atom is 0.190 e. The van der Waals surface area contributed by atoms with Crippen LogP contribution in [0.25, 0.3) is 0 Å². The van der Waals surface area contributed by atoms with Gasteiger partial charge in [-0.05, 0) is 21.6 Å². The number of allylic oxidation sites excluding steroid dienone is 2. The van der Waals surface area contributed by atoms with E-state index in [1.807, 2.05) is 0 Å². The van der Waals surface area contributed by atoms with E-state index >= 15 is 0 Å². The van der Waals surface area contributed by atoms with Crippen LogP contribution in [0.3, 0.4) is 0 Å². The van der Waals surface area contributed by atoms with Crippen LogP contribution in [-0.2, 0) is 0 Å². The van der Waals surface area contributed by atoms with Crippen LogP contribution >= 0.6 is 22.6 Å². The Bertz CT molecular complexity index is 302. The normalized spacial score (nSPS) is 12.9. The van der Waals surface area contributed by atoms with E-state index in [0.29, 0.717) is 17.9 Å². The predicted octanol–water partition coefficient (Wildman–Crippen LogP) is 6.93. The summed E-state index contributed by atoms with van der Waals surface area (Å²) in [5.74, 6) is 0.701. The predicted molar refractivity (Wildman–Crippen MR) is 100 cm³/mol. The van der Waals surface area contributed by atoms with Crippen molar-refractivity contribution in [1.82, 2.24) is 0 Å². The topological polar surface area (TPSA) is 0 Å². The van der Waals surface area contributed by atoms with Crippen LogP contribution in [0.15, 0.2) is 21.7 Å². The first-order chi connectivity index (χ1) is 8.73. The van der Waals surface area contributed by atoms with E-state index in [-0.39, 0.29) is 0 Å². The molecule has 0 radical (unpaired) electrons. The number of hydrogen-bond acceptors (Lipinski definition) is 0. The van der Waals surface area contributed by atoms with Gasteiger partial charge in [-0.15, -0.1) is 0 Å². The molecule has 0 fully saturated rings. The van der Waals surface area contributed by atoms with Crippen molar-refractivity contribution in [3.05, 3.63) is 21.7 Å². The van der Waals surface area contributed by atoms with Gasteiger partial charge in [0.15, 0.2) is 6.71 Å². The van der Waals surface area contributed by atoms with Crippen LogP contribution in [-0.4, -0.2) is 6.71 Å². The molecule has 0 heterocycles. The lowest BCUT2D eigenvalue weighted by atomic mass is 9.29. The molecule has 0 amide bonds. The summed E-state index contributed by atoms with van der Waals surface area (Å²) in [6, 6.07) is 0. The van der Waals surface area contributed by atoms with Gasteiger partial charge in [-0.1, -0.05) is 107 Å². The van der Waals surface area contributed by atoms with Gasteiger partial charge in [-0.2, -0.15) is 0 Å². The van der Waals surface area contributed by atoms with Gasteiger partial charge in [0.1, 0.15) is 0 Å². The van der Waals surface area contributed by atoms with Crippen LogP contribution in [0.1, 0.15) is 67.2 Å². The third kappa shape index (κ3) is 7.01. The quantitative estimate of drug-likeness (QED) is 0.178. The fraction of sp³-hybridized carbons (Fsp3) is 0.765. The molecule has 19 heavy (non-hydrogen) atoms. The van der Waals surface area contributed by atoms with Gasteiger partial charge >= 0.3 is 0 Å². The van der Waals surface area contributed by atoms with Crippen molar-refractivity contribution in [3.63, 3.8) is 0 Å². The van der Waals surface area contributed by atoms with Gasteiger partial charge < -0.3 is 0 Å². The van der Waals surface area contributed by atoms with Gasteiger partial charge in [0.05, 0.1) is 0 Å². The number of rotatable bonds is 9. The molecule has 0 aromatic heterocycles. The summed E-state index contributed by atoms with van der Waals surface area (Å²) >= 11 is 2.54. The van der Waals surface area contributed by atoms with Crippen LogP contribution in [0.5, 0.6) is 0 Å². The SMILES string of the molecule is C=C(C)/C=C(\I)B(CCCCCC)C(C)(C)C(C)C. The molecule has 0 bridgehead atoms. The summed E-state index contributed by atoms with van der Waals surface area (Å²) in [6.45, 7) is 18.6. The molecular weight excluding hydrogens is 342 g/mol. The minimum absolute atomic E-state index is 0.356. The molecule has 0 spiro atoms. The summed E-state index contributed by atoms with van der Waals surface area (Å²) in [6.07, 6.45) is 9.00. The summed E-state index contributed by atoms with van der Waals surface area (Å²) in [5, 5.41) is 0.356. The second kappa shape index (κ2) is 9.25. The maximum atomic E-state index is 4.03. The zero-order valence-corrected chi connectivity index (χ0v) is 16.0. The van der Waals surface area contributed by atoms with Crippen molar-refractivity contribution >= 4 is 29.3 Å². The van der Waals surface area contributed by atoms with E-state index in [9.17, 15) is 0 Å². The van der Waals surface area contributed by atoms with E-state index < -0.39 is 0 Å². The highest BCUT2D eigenvalue weighted by molar-refractivity contribution is 14.1. The van der Waals surface area contributed by atoms with E-state index in [1.54, 1.807) is 0 Å². The highest BCUT2D eigenvalue weighted by Gasteiger charge is 2.36. The molecular formula is C17H32BI. The summed E-state index contributed by atoms with van der Waals surface area (Å²) < 4.78 is 1.49. The number of unbranched alkanes of at least 4 members (excludes halogenated alkanes) is 3. The molecule has 0 rings (SSSR count). The Hall–Kier alpha value is 0.275. The number of hydrogen-bond donors (Lipinski definition) is 0. The van der Waals surface area contributed by atoms with Crippen LogP contribution in [0.2, 0.25) is 11.6 Å². The van der Waals surface area contributed by atoms with Crippen molar-refractivity contribution in [2.24, 2.45) is 5.92 Å². The van der Waals surface area contributed by atoms with Crippen molar-refractivity contribution < 1.29 is 0 Å². The zero-order valence-electron chi connectivity index (χ0n) is 13.9. The van der Waals surface area contributed by atoms with Gasteiger partial charge in [0.2, 0.25) is 0 Å². The smallest absolute Gasteiger partial charge is 0.0961 e. The summed E-state index contributed by atoms with van der Waals surface area (Å²) in [4.78, 5) is 0. The summed E-state index contributed by atoms with van der Waals surface area (Å²) in [7, 11) is 0. The molecule has 0 saturated heterocycles. The maximum absolute atomic E-state index is 4.03. The lowest BCUT2D eigenvalue weighted by Crippen LogP contribution is -2.33. The fourth-order valence-corrected chi connectivity index (χ4v) is 4.02.